The Morgan fingerprint density at radius 2 is 2.10 bits per heavy atom. The first-order valence-corrected chi connectivity index (χ1v) is 7.24. The third-order valence-corrected chi connectivity index (χ3v) is 4.17. The van der Waals surface area contributed by atoms with Crippen molar-refractivity contribution in [2.45, 2.75) is 13.8 Å². The summed E-state index contributed by atoms with van der Waals surface area (Å²) in [5.41, 5.74) is 8.74. The highest BCUT2D eigenvalue weighted by atomic mass is 32.1. The monoisotopic (exact) mass is 301 g/mol. The van der Waals surface area contributed by atoms with E-state index in [-0.39, 0.29) is 0 Å². The van der Waals surface area contributed by atoms with E-state index >= 15 is 0 Å². The molecule has 21 heavy (non-hydrogen) atoms. The summed E-state index contributed by atoms with van der Waals surface area (Å²) in [4.78, 5) is 5.16. The van der Waals surface area contributed by atoms with Crippen LogP contribution < -0.4 is 10.5 Å². The SMILES string of the molecule is COc1cc(-c2c(N)noc2-c2cnc(C)s2)ccc1C. The third kappa shape index (κ3) is 2.38. The van der Waals surface area contributed by atoms with Gasteiger partial charge in [0, 0.05) is 6.20 Å². The van der Waals surface area contributed by atoms with E-state index in [9.17, 15) is 0 Å². The fraction of sp³-hybridized carbons (Fsp3) is 0.200. The molecular formula is C15H15N3O2S. The molecule has 0 saturated carbocycles. The highest BCUT2D eigenvalue weighted by Gasteiger charge is 2.20. The number of aryl methyl sites for hydroxylation is 2. The standard InChI is InChI=1S/C15H15N3O2S/c1-8-4-5-10(6-11(8)19-3)13-14(20-18-15(13)16)12-7-17-9(2)21-12/h4-7H,1-3H3,(H2,16,18). The Balaban J connectivity index is 2.17. The number of nitrogens with zero attached hydrogens (tertiary/aromatic N) is 2. The summed E-state index contributed by atoms with van der Waals surface area (Å²) < 4.78 is 10.8. The average molecular weight is 301 g/mol. The van der Waals surface area contributed by atoms with Crippen molar-refractivity contribution in [2.24, 2.45) is 0 Å². The Hall–Kier alpha value is -2.34. The van der Waals surface area contributed by atoms with E-state index in [2.05, 4.69) is 10.1 Å². The maximum Gasteiger partial charge on any atom is 0.188 e. The van der Waals surface area contributed by atoms with E-state index in [1.807, 2.05) is 32.0 Å². The molecule has 2 heterocycles. The molecule has 0 fully saturated rings. The van der Waals surface area contributed by atoms with Gasteiger partial charge in [-0.2, -0.15) is 0 Å². The van der Waals surface area contributed by atoms with Crippen LogP contribution in [0, 0.1) is 13.8 Å². The predicted octanol–water partition coefficient (Wildman–Crippen LogP) is 3.67. The van der Waals surface area contributed by atoms with Gasteiger partial charge in [-0.05, 0) is 31.0 Å². The average Bonchev–Trinajstić information content (AvgIpc) is 3.05. The highest BCUT2D eigenvalue weighted by Crippen LogP contribution is 2.40. The largest absolute Gasteiger partial charge is 0.496 e. The summed E-state index contributed by atoms with van der Waals surface area (Å²) >= 11 is 1.54. The minimum atomic E-state index is 0.363. The van der Waals surface area contributed by atoms with Crippen molar-refractivity contribution in [2.75, 3.05) is 12.8 Å². The van der Waals surface area contributed by atoms with Crippen LogP contribution in [-0.2, 0) is 0 Å². The molecule has 0 radical (unpaired) electrons. The summed E-state index contributed by atoms with van der Waals surface area (Å²) in [5.74, 6) is 1.81. The van der Waals surface area contributed by atoms with Crippen molar-refractivity contribution in [1.82, 2.24) is 10.1 Å². The zero-order chi connectivity index (χ0) is 15.0. The molecule has 0 unspecified atom stereocenters. The fourth-order valence-corrected chi connectivity index (χ4v) is 2.95. The molecule has 3 aromatic rings. The maximum absolute atomic E-state index is 5.99. The zero-order valence-electron chi connectivity index (χ0n) is 12.0. The molecule has 5 nitrogen and oxygen atoms in total. The fourth-order valence-electron chi connectivity index (χ4n) is 2.19. The number of benzene rings is 1. The van der Waals surface area contributed by atoms with E-state index in [0.717, 1.165) is 32.3 Å². The number of nitrogens with two attached hydrogens (primary N) is 1. The van der Waals surface area contributed by atoms with Gasteiger partial charge in [-0.1, -0.05) is 17.3 Å². The molecule has 3 rings (SSSR count). The smallest absolute Gasteiger partial charge is 0.188 e. The lowest BCUT2D eigenvalue weighted by molar-refractivity contribution is 0.412. The van der Waals surface area contributed by atoms with Gasteiger partial charge in [-0.3, -0.25) is 0 Å². The molecule has 6 heteroatoms. The molecule has 0 amide bonds. The molecule has 0 aliphatic rings. The first-order valence-electron chi connectivity index (χ1n) is 6.43. The second kappa shape index (κ2) is 5.21. The normalized spacial score (nSPS) is 10.8. The van der Waals surface area contributed by atoms with Crippen LogP contribution in [0.1, 0.15) is 10.6 Å². The molecule has 0 saturated heterocycles. The molecule has 0 spiro atoms. The minimum absolute atomic E-state index is 0.363. The molecule has 2 N–H and O–H groups in total. The van der Waals surface area contributed by atoms with Crippen molar-refractivity contribution in [1.29, 1.82) is 0 Å². The Bertz CT molecular complexity index is 792. The molecule has 0 aliphatic heterocycles. The van der Waals surface area contributed by atoms with Gasteiger partial charge in [0.25, 0.3) is 0 Å². The number of aromatic nitrogens is 2. The summed E-state index contributed by atoms with van der Waals surface area (Å²) in [6.07, 6.45) is 1.77. The van der Waals surface area contributed by atoms with Gasteiger partial charge in [0.05, 0.1) is 22.6 Å². The van der Waals surface area contributed by atoms with Crippen molar-refractivity contribution in [3.63, 3.8) is 0 Å². The van der Waals surface area contributed by atoms with Gasteiger partial charge in [0.2, 0.25) is 0 Å². The molecule has 0 aliphatic carbocycles. The van der Waals surface area contributed by atoms with E-state index in [1.165, 1.54) is 0 Å². The topological polar surface area (TPSA) is 74.2 Å². The van der Waals surface area contributed by atoms with Gasteiger partial charge in [-0.15, -0.1) is 11.3 Å². The van der Waals surface area contributed by atoms with Gasteiger partial charge in [0.15, 0.2) is 11.6 Å². The molecular weight excluding hydrogens is 286 g/mol. The number of methoxy groups -OCH3 is 1. The zero-order valence-corrected chi connectivity index (χ0v) is 12.8. The first-order chi connectivity index (χ1) is 10.1. The van der Waals surface area contributed by atoms with Crippen molar-refractivity contribution in [3.8, 4) is 27.5 Å². The van der Waals surface area contributed by atoms with Crippen LogP contribution in [0.3, 0.4) is 0 Å². The second-order valence-electron chi connectivity index (χ2n) is 4.70. The molecule has 108 valence electrons. The maximum atomic E-state index is 5.99. The molecule has 0 atom stereocenters. The van der Waals surface area contributed by atoms with Crippen LogP contribution in [0.4, 0.5) is 5.82 Å². The number of thiazole rings is 1. The predicted molar refractivity (Wildman–Crippen MR) is 83.5 cm³/mol. The van der Waals surface area contributed by atoms with Crippen LogP contribution in [0.2, 0.25) is 0 Å². The van der Waals surface area contributed by atoms with Crippen LogP contribution in [0.5, 0.6) is 5.75 Å². The van der Waals surface area contributed by atoms with E-state index < -0.39 is 0 Å². The number of hydrogen-bond acceptors (Lipinski definition) is 6. The molecule has 1 aromatic carbocycles. The lowest BCUT2D eigenvalue weighted by Crippen LogP contribution is -1.91. The number of hydrogen-bond donors (Lipinski definition) is 1. The van der Waals surface area contributed by atoms with Crippen LogP contribution in [-0.4, -0.2) is 17.3 Å². The lowest BCUT2D eigenvalue weighted by Gasteiger charge is -2.07. The summed E-state index contributed by atoms with van der Waals surface area (Å²) in [6, 6.07) is 5.91. The molecule has 0 bridgehead atoms. The molecule has 2 aromatic heterocycles. The van der Waals surface area contributed by atoms with Crippen molar-refractivity contribution >= 4 is 17.2 Å². The van der Waals surface area contributed by atoms with Crippen molar-refractivity contribution < 1.29 is 9.26 Å². The lowest BCUT2D eigenvalue weighted by atomic mass is 10.0. The highest BCUT2D eigenvalue weighted by molar-refractivity contribution is 7.15. The first kappa shape index (κ1) is 13.6. The van der Waals surface area contributed by atoms with E-state index in [1.54, 1.807) is 24.6 Å². The number of nitrogen functional groups attached to an aromatic ring is 1. The Kier molecular flexibility index (Phi) is 3.39. The van der Waals surface area contributed by atoms with Crippen LogP contribution in [0.15, 0.2) is 28.9 Å². The summed E-state index contributed by atoms with van der Waals surface area (Å²) in [5, 5.41) is 4.86. The minimum Gasteiger partial charge on any atom is -0.496 e. The Morgan fingerprint density at radius 1 is 1.29 bits per heavy atom. The van der Waals surface area contributed by atoms with Crippen LogP contribution >= 0.6 is 11.3 Å². The van der Waals surface area contributed by atoms with E-state index in [0.29, 0.717) is 11.6 Å². The van der Waals surface area contributed by atoms with Gasteiger partial charge >= 0.3 is 0 Å². The number of ether oxygens (including phenoxy) is 1. The number of anilines is 1. The quantitative estimate of drug-likeness (QED) is 0.799. The van der Waals surface area contributed by atoms with Crippen LogP contribution in [0.25, 0.3) is 21.8 Å². The van der Waals surface area contributed by atoms with Gasteiger partial charge in [0.1, 0.15) is 5.75 Å². The number of rotatable bonds is 3. The van der Waals surface area contributed by atoms with Crippen molar-refractivity contribution in [3.05, 3.63) is 35.0 Å². The second-order valence-corrected chi connectivity index (χ2v) is 5.93. The van der Waals surface area contributed by atoms with E-state index in [4.69, 9.17) is 15.0 Å². The van der Waals surface area contributed by atoms with Gasteiger partial charge in [-0.25, -0.2) is 4.98 Å². The van der Waals surface area contributed by atoms with Gasteiger partial charge < -0.3 is 15.0 Å². The Morgan fingerprint density at radius 3 is 2.76 bits per heavy atom. The Labute approximate surface area is 126 Å². The third-order valence-electron chi connectivity index (χ3n) is 3.26. The summed E-state index contributed by atoms with van der Waals surface area (Å²) in [7, 11) is 1.65. The summed E-state index contributed by atoms with van der Waals surface area (Å²) in [6.45, 7) is 3.94.